The Balaban J connectivity index is 1.64. The summed E-state index contributed by atoms with van der Waals surface area (Å²) in [7, 11) is 0. The zero-order valence-corrected chi connectivity index (χ0v) is 15.5. The summed E-state index contributed by atoms with van der Waals surface area (Å²) < 4.78 is 5.36. The number of nitrogens with one attached hydrogen (secondary N) is 1. The molecule has 3 rings (SSSR count). The zero-order chi connectivity index (χ0) is 16.9. The summed E-state index contributed by atoms with van der Waals surface area (Å²) in [6, 6.07) is 6.99. The van der Waals surface area contributed by atoms with Crippen LogP contribution in [0.1, 0.15) is 14.5 Å². The predicted molar refractivity (Wildman–Crippen MR) is 101 cm³/mol. The molecule has 1 saturated heterocycles. The molecule has 1 aliphatic rings. The van der Waals surface area contributed by atoms with Gasteiger partial charge in [-0.3, -0.25) is 9.59 Å². The van der Waals surface area contributed by atoms with E-state index in [0.717, 1.165) is 31.2 Å². The van der Waals surface area contributed by atoms with E-state index in [1.807, 2.05) is 17.5 Å². The second-order valence-corrected chi connectivity index (χ2v) is 7.92. The van der Waals surface area contributed by atoms with Crippen molar-refractivity contribution >= 4 is 51.3 Å². The molecule has 5 nitrogen and oxygen atoms in total. The Hall–Kier alpha value is -1.35. The minimum absolute atomic E-state index is 0.234. The summed E-state index contributed by atoms with van der Waals surface area (Å²) in [6.45, 7) is 3.23. The maximum absolute atomic E-state index is 12.2. The van der Waals surface area contributed by atoms with Gasteiger partial charge in [0.1, 0.15) is 6.04 Å². The highest BCUT2D eigenvalue weighted by Gasteiger charge is 2.21. The molecular formula is C16H18N2O3S3. The van der Waals surface area contributed by atoms with Crippen LogP contribution in [0.15, 0.2) is 29.6 Å². The van der Waals surface area contributed by atoms with E-state index in [1.165, 1.54) is 16.3 Å². The Bertz CT molecular complexity index is 693. The number of hydrogen-bond donors (Lipinski definition) is 2. The second-order valence-electron chi connectivity index (χ2n) is 5.39. The minimum atomic E-state index is -0.626. The quantitative estimate of drug-likeness (QED) is 0.754. The second kappa shape index (κ2) is 8.15. The molecule has 1 aliphatic heterocycles. The third-order valence-corrected chi connectivity index (χ3v) is 6.07. The lowest BCUT2D eigenvalue weighted by Crippen LogP contribution is -2.40. The van der Waals surface area contributed by atoms with Gasteiger partial charge in [0.2, 0.25) is 5.12 Å². The molecule has 0 spiro atoms. The van der Waals surface area contributed by atoms with Crippen molar-refractivity contribution < 1.29 is 14.3 Å². The summed E-state index contributed by atoms with van der Waals surface area (Å²) in [5.41, 5.74) is 0. The summed E-state index contributed by atoms with van der Waals surface area (Å²) in [6.07, 6.45) is 0.453. The first kappa shape index (κ1) is 17.5. The van der Waals surface area contributed by atoms with Crippen molar-refractivity contribution in [2.75, 3.05) is 31.2 Å². The highest BCUT2D eigenvalue weighted by molar-refractivity contribution is 7.96. The van der Waals surface area contributed by atoms with Crippen LogP contribution in [-0.2, 0) is 16.0 Å². The lowest BCUT2D eigenvalue weighted by Gasteiger charge is -2.27. The van der Waals surface area contributed by atoms with Crippen LogP contribution in [0.5, 0.6) is 0 Å². The lowest BCUT2D eigenvalue weighted by molar-refractivity contribution is -0.112. The number of carbonyl (C=O) groups is 2. The van der Waals surface area contributed by atoms with Crippen LogP contribution in [0.3, 0.4) is 0 Å². The van der Waals surface area contributed by atoms with Crippen molar-refractivity contribution in [3.63, 3.8) is 0 Å². The van der Waals surface area contributed by atoms with Crippen LogP contribution in [0.4, 0.5) is 5.00 Å². The number of thiol groups is 1. The number of thiophene rings is 2. The highest BCUT2D eigenvalue weighted by Crippen LogP contribution is 2.28. The van der Waals surface area contributed by atoms with Crippen LogP contribution >= 0.6 is 35.3 Å². The summed E-state index contributed by atoms with van der Waals surface area (Å²) in [4.78, 5) is 27.9. The molecular weight excluding hydrogens is 364 g/mol. The first-order valence-corrected chi connectivity index (χ1v) is 9.76. The fourth-order valence-corrected chi connectivity index (χ4v) is 4.35. The smallest absolute Gasteiger partial charge is 0.261 e. The van der Waals surface area contributed by atoms with E-state index in [2.05, 4.69) is 28.9 Å². The number of hydrogen-bond acceptors (Lipinski definition) is 6. The Labute approximate surface area is 154 Å². The van der Waals surface area contributed by atoms with Crippen LogP contribution in [0, 0.1) is 0 Å². The molecule has 2 aromatic rings. The molecule has 0 radical (unpaired) electrons. The molecule has 8 heteroatoms. The topological polar surface area (TPSA) is 58.6 Å². The van der Waals surface area contributed by atoms with Gasteiger partial charge in [-0.2, -0.15) is 0 Å². The van der Waals surface area contributed by atoms with E-state index in [1.54, 1.807) is 17.4 Å². The van der Waals surface area contributed by atoms with Gasteiger partial charge in [0, 0.05) is 24.4 Å². The molecule has 0 aliphatic carbocycles. The molecule has 1 fully saturated rings. The highest BCUT2D eigenvalue weighted by atomic mass is 32.1. The maximum atomic E-state index is 12.2. The minimum Gasteiger partial charge on any atom is -0.378 e. The normalized spacial score (nSPS) is 16.0. The van der Waals surface area contributed by atoms with E-state index < -0.39 is 6.04 Å². The van der Waals surface area contributed by atoms with E-state index in [-0.39, 0.29) is 11.0 Å². The molecule has 1 amide bonds. The van der Waals surface area contributed by atoms with Gasteiger partial charge >= 0.3 is 0 Å². The van der Waals surface area contributed by atoms with Crippen LogP contribution < -0.4 is 10.2 Å². The fraction of sp³-hybridized carbons (Fsp3) is 0.375. The largest absolute Gasteiger partial charge is 0.378 e. The molecule has 0 saturated carbocycles. The summed E-state index contributed by atoms with van der Waals surface area (Å²) >= 11 is 6.93. The van der Waals surface area contributed by atoms with Crippen LogP contribution in [-0.4, -0.2) is 43.4 Å². The van der Waals surface area contributed by atoms with Crippen molar-refractivity contribution in [1.82, 2.24) is 5.32 Å². The summed E-state index contributed by atoms with van der Waals surface area (Å²) in [5.74, 6) is -0.234. The predicted octanol–water partition coefficient (Wildman–Crippen LogP) is 2.44. The number of anilines is 1. The van der Waals surface area contributed by atoms with Gasteiger partial charge in [0.25, 0.3) is 5.91 Å². The fourth-order valence-electron chi connectivity index (χ4n) is 2.47. The average Bonchev–Trinajstić information content (AvgIpc) is 3.27. The number of nitrogens with zero attached hydrogens (tertiary/aromatic N) is 1. The van der Waals surface area contributed by atoms with E-state index in [9.17, 15) is 9.59 Å². The Kier molecular flexibility index (Phi) is 5.94. The molecule has 0 aromatic carbocycles. The molecule has 24 heavy (non-hydrogen) atoms. The first-order valence-electron chi connectivity index (χ1n) is 7.62. The molecule has 1 atom stereocenters. The Morgan fingerprint density at radius 3 is 2.75 bits per heavy atom. The van der Waals surface area contributed by atoms with E-state index in [4.69, 9.17) is 4.74 Å². The van der Waals surface area contributed by atoms with Gasteiger partial charge in [-0.15, -0.1) is 35.3 Å². The third kappa shape index (κ3) is 4.38. The van der Waals surface area contributed by atoms with Gasteiger partial charge in [0.15, 0.2) is 0 Å². The molecule has 1 N–H and O–H groups in total. The van der Waals surface area contributed by atoms with Crippen molar-refractivity contribution in [2.45, 2.75) is 12.5 Å². The van der Waals surface area contributed by atoms with Crippen molar-refractivity contribution in [3.8, 4) is 0 Å². The zero-order valence-electron chi connectivity index (χ0n) is 12.9. The summed E-state index contributed by atoms with van der Waals surface area (Å²) in [5, 5.41) is 5.45. The lowest BCUT2D eigenvalue weighted by atomic mass is 10.2. The van der Waals surface area contributed by atoms with Gasteiger partial charge in [-0.1, -0.05) is 6.07 Å². The first-order chi connectivity index (χ1) is 11.6. The third-order valence-electron chi connectivity index (χ3n) is 3.72. The van der Waals surface area contributed by atoms with Gasteiger partial charge in [-0.05, 0) is 23.6 Å². The molecule has 0 bridgehead atoms. The monoisotopic (exact) mass is 382 g/mol. The number of ether oxygens (including phenoxy) is 1. The average molecular weight is 383 g/mol. The Morgan fingerprint density at radius 2 is 2.08 bits per heavy atom. The van der Waals surface area contributed by atoms with Crippen molar-refractivity contribution in [2.24, 2.45) is 0 Å². The molecule has 2 aromatic heterocycles. The van der Waals surface area contributed by atoms with Gasteiger partial charge in [-0.25, -0.2) is 0 Å². The SMILES string of the molecule is O=C(NC(Cc1ccc(N2CCOCC2)s1)C(=O)S)c1cccs1. The van der Waals surface area contributed by atoms with Gasteiger partial charge < -0.3 is 15.0 Å². The van der Waals surface area contributed by atoms with Crippen molar-refractivity contribution in [3.05, 3.63) is 39.4 Å². The van der Waals surface area contributed by atoms with Crippen LogP contribution in [0.25, 0.3) is 0 Å². The molecule has 128 valence electrons. The molecule has 1 unspecified atom stereocenters. The number of amides is 1. The van der Waals surface area contributed by atoms with Crippen molar-refractivity contribution in [1.29, 1.82) is 0 Å². The Morgan fingerprint density at radius 1 is 1.29 bits per heavy atom. The number of rotatable bonds is 6. The number of carbonyl (C=O) groups excluding carboxylic acids is 2. The molecule has 3 heterocycles. The van der Waals surface area contributed by atoms with E-state index >= 15 is 0 Å². The maximum Gasteiger partial charge on any atom is 0.261 e. The van der Waals surface area contributed by atoms with E-state index in [0.29, 0.717) is 11.3 Å². The van der Waals surface area contributed by atoms with Crippen LogP contribution in [0.2, 0.25) is 0 Å². The standard InChI is InChI=1S/C16H18N2O3S3/c19-15(13-2-1-9-23-13)17-12(16(20)22)10-11-3-4-14(24-11)18-5-7-21-8-6-18/h1-4,9,12H,5-8,10H2,(H,17,19)(H,20,22). The number of morpholine rings is 1. The van der Waals surface area contributed by atoms with Gasteiger partial charge in [0.05, 0.1) is 23.1 Å².